The molecule has 108 valence electrons. The number of rotatable bonds is 4. The summed E-state index contributed by atoms with van der Waals surface area (Å²) in [7, 11) is 1.31. The normalized spacial score (nSPS) is 12.6. The van der Waals surface area contributed by atoms with E-state index in [0.29, 0.717) is 0 Å². The molecule has 1 atom stereocenters. The Morgan fingerprint density at radius 1 is 1.35 bits per heavy atom. The highest BCUT2D eigenvalue weighted by Gasteiger charge is 2.18. The van der Waals surface area contributed by atoms with Gasteiger partial charge in [0.15, 0.2) is 11.5 Å². The largest absolute Gasteiger partial charge is 0.507 e. The summed E-state index contributed by atoms with van der Waals surface area (Å²) in [5.41, 5.74) is -0.849. The van der Waals surface area contributed by atoms with E-state index in [1.165, 1.54) is 13.2 Å². The van der Waals surface area contributed by atoms with E-state index >= 15 is 0 Å². The van der Waals surface area contributed by atoms with Gasteiger partial charge in [-0.1, -0.05) is 0 Å². The molecule has 2 rings (SSSR count). The second-order valence-electron chi connectivity index (χ2n) is 4.28. The number of ether oxygens (including phenoxy) is 1. The van der Waals surface area contributed by atoms with Crippen molar-refractivity contribution >= 4 is 10.8 Å². The van der Waals surface area contributed by atoms with Crippen molar-refractivity contribution in [2.24, 2.45) is 0 Å². The Hall–Kier alpha value is -2.25. The summed E-state index contributed by atoms with van der Waals surface area (Å²) < 4.78 is 9.82. The number of fused-ring (bicyclic) bond motifs is 1. The molecule has 0 saturated heterocycles. The van der Waals surface area contributed by atoms with Gasteiger partial charge >= 0.3 is 5.63 Å². The molecule has 2 aromatic rings. The third-order valence-corrected chi connectivity index (χ3v) is 2.88. The summed E-state index contributed by atoms with van der Waals surface area (Å²) in [5, 5.41) is 37.8. The van der Waals surface area contributed by atoms with Crippen LogP contribution in [0.15, 0.2) is 21.3 Å². The number of methoxy groups -OCH3 is 1. The lowest BCUT2D eigenvalue weighted by molar-refractivity contribution is 0.0905. The molecule has 1 aromatic heterocycles. The molecule has 0 fully saturated rings. The van der Waals surface area contributed by atoms with Crippen molar-refractivity contribution in [1.29, 1.82) is 0 Å². The van der Waals surface area contributed by atoms with Crippen LogP contribution in [0.1, 0.15) is 5.76 Å². The fraction of sp³-hybridized carbons (Fsp3) is 0.308. The Bertz CT molecular complexity index is 689. The molecule has 7 nitrogen and oxygen atoms in total. The minimum Gasteiger partial charge on any atom is -0.507 e. The number of phenols is 2. The fourth-order valence-electron chi connectivity index (χ4n) is 1.92. The van der Waals surface area contributed by atoms with Crippen LogP contribution in [0, 0.1) is 0 Å². The molecule has 0 bridgehead atoms. The van der Waals surface area contributed by atoms with E-state index in [0.717, 1.165) is 6.07 Å². The molecule has 1 heterocycles. The van der Waals surface area contributed by atoms with Gasteiger partial charge < -0.3 is 29.6 Å². The molecule has 0 saturated carbocycles. The predicted octanol–water partition coefficient (Wildman–Crippen LogP) is 0.108. The van der Waals surface area contributed by atoms with Gasteiger partial charge in [0.05, 0.1) is 19.8 Å². The first-order valence-corrected chi connectivity index (χ1v) is 5.82. The lowest BCUT2D eigenvalue weighted by Gasteiger charge is -2.10. The molecule has 20 heavy (non-hydrogen) atoms. The molecule has 0 amide bonds. The van der Waals surface area contributed by atoms with E-state index < -0.39 is 18.3 Å². The molecule has 0 aliphatic carbocycles. The predicted molar refractivity (Wildman–Crippen MR) is 69.2 cm³/mol. The Labute approximate surface area is 113 Å². The number of hydrogen-bond donors (Lipinski definition) is 4. The van der Waals surface area contributed by atoms with Gasteiger partial charge in [0.2, 0.25) is 0 Å². The van der Waals surface area contributed by atoms with Crippen molar-refractivity contribution < 1.29 is 29.6 Å². The summed E-state index contributed by atoms with van der Waals surface area (Å²) in [4.78, 5) is 11.8. The number of aliphatic hydroxyl groups excluding tert-OH is 2. The van der Waals surface area contributed by atoms with Crippen LogP contribution in [-0.2, 0) is 6.42 Å². The number of hydrogen-bond acceptors (Lipinski definition) is 7. The first kappa shape index (κ1) is 14.2. The van der Waals surface area contributed by atoms with Crippen molar-refractivity contribution in [3.8, 4) is 17.2 Å². The number of phenolic OH excluding ortho intramolecular Hbond substituents is 2. The third kappa shape index (κ3) is 2.40. The molecule has 4 N–H and O–H groups in total. The van der Waals surface area contributed by atoms with Gasteiger partial charge in [-0.15, -0.1) is 0 Å². The highest BCUT2D eigenvalue weighted by Crippen LogP contribution is 2.38. The Morgan fingerprint density at radius 2 is 2.05 bits per heavy atom. The van der Waals surface area contributed by atoms with E-state index in [2.05, 4.69) is 0 Å². The zero-order valence-corrected chi connectivity index (χ0v) is 10.7. The van der Waals surface area contributed by atoms with E-state index in [1.807, 2.05) is 0 Å². The van der Waals surface area contributed by atoms with E-state index in [1.54, 1.807) is 0 Å². The summed E-state index contributed by atoms with van der Waals surface area (Å²) >= 11 is 0. The lowest BCUT2D eigenvalue weighted by atomic mass is 10.1. The van der Waals surface area contributed by atoms with Crippen LogP contribution in [0.2, 0.25) is 0 Å². The lowest BCUT2D eigenvalue weighted by Crippen LogP contribution is -2.16. The number of benzene rings is 1. The SMILES string of the molecule is COc1cc(O)c2c(=O)oc(CC(O)CO)cc2c1O. The van der Waals surface area contributed by atoms with Gasteiger partial charge in [-0.3, -0.25) is 0 Å². The topological polar surface area (TPSA) is 120 Å². The molecule has 0 radical (unpaired) electrons. The molecule has 1 unspecified atom stereocenters. The van der Waals surface area contributed by atoms with Gasteiger partial charge in [0.25, 0.3) is 0 Å². The summed E-state index contributed by atoms with van der Waals surface area (Å²) in [6.45, 7) is -0.489. The minimum atomic E-state index is -1.09. The first-order valence-electron chi connectivity index (χ1n) is 5.82. The van der Waals surface area contributed by atoms with Crippen LogP contribution >= 0.6 is 0 Å². The molecule has 7 heteroatoms. The van der Waals surface area contributed by atoms with Gasteiger partial charge in [-0.2, -0.15) is 0 Å². The second kappa shape index (κ2) is 5.40. The Kier molecular flexibility index (Phi) is 3.82. The van der Waals surface area contributed by atoms with Gasteiger partial charge in [0, 0.05) is 17.9 Å². The fourth-order valence-corrected chi connectivity index (χ4v) is 1.92. The van der Waals surface area contributed by atoms with Crippen LogP contribution < -0.4 is 10.4 Å². The monoisotopic (exact) mass is 282 g/mol. The average Bonchev–Trinajstić information content (AvgIpc) is 2.41. The van der Waals surface area contributed by atoms with Crippen molar-refractivity contribution in [2.45, 2.75) is 12.5 Å². The Balaban J connectivity index is 2.69. The molecule has 0 spiro atoms. The highest BCUT2D eigenvalue weighted by atomic mass is 16.5. The average molecular weight is 282 g/mol. The maximum absolute atomic E-state index is 11.8. The summed E-state index contributed by atoms with van der Waals surface area (Å²) in [6.07, 6.45) is -1.18. The van der Waals surface area contributed by atoms with E-state index in [9.17, 15) is 20.1 Å². The van der Waals surface area contributed by atoms with Crippen LogP contribution in [0.3, 0.4) is 0 Å². The number of aliphatic hydroxyl groups is 2. The zero-order chi connectivity index (χ0) is 14.9. The van der Waals surface area contributed by atoms with Crippen LogP contribution in [0.5, 0.6) is 17.2 Å². The van der Waals surface area contributed by atoms with Crippen LogP contribution in [-0.4, -0.2) is 40.2 Å². The minimum absolute atomic E-state index is 0.00857. The third-order valence-electron chi connectivity index (χ3n) is 2.88. The summed E-state index contributed by atoms with van der Waals surface area (Å²) in [5.74, 6) is -0.605. The van der Waals surface area contributed by atoms with Crippen molar-refractivity contribution in [1.82, 2.24) is 0 Å². The zero-order valence-electron chi connectivity index (χ0n) is 10.7. The van der Waals surface area contributed by atoms with Gasteiger partial charge in [-0.25, -0.2) is 4.79 Å². The van der Waals surface area contributed by atoms with Gasteiger partial charge in [-0.05, 0) is 6.07 Å². The molecule has 0 aliphatic rings. The Morgan fingerprint density at radius 3 is 2.65 bits per heavy atom. The van der Waals surface area contributed by atoms with E-state index in [4.69, 9.17) is 14.3 Å². The number of aromatic hydroxyl groups is 2. The smallest absolute Gasteiger partial charge is 0.347 e. The van der Waals surface area contributed by atoms with Crippen molar-refractivity contribution in [2.75, 3.05) is 13.7 Å². The second-order valence-corrected chi connectivity index (χ2v) is 4.28. The molecular formula is C13H14O7. The quantitative estimate of drug-likeness (QED) is 0.587. The molecular weight excluding hydrogens is 268 g/mol. The standard InChI is InChI=1S/C13H14O7/c1-19-10-4-9(16)11-8(12(10)17)3-7(20-13(11)18)2-6(15)5-14/h3-4,6,14-17H,2,5H2,1H3. The van der Waals surface area contributed by atoms with Crippen molar-refractivity contribution in [3.05, 3.63) is 28.3 Å². The molecule has 1 aromatic carbocycles. The summed E-state index contributed by atoms with van der Waals surface area (Å²) in [6, 6.07) is 2.42. The first-order chi connectivity index (χ1) is 9.47. The maximum Gasteiger partial charge on any atom is 0.347 e. The van der Waals surface area contributed by atoms with E-state index in [-0.39, 0.29) is 40.2 Å². The highest BCUT2D eigenvalue weighted by molar-refractivity contribution is 5.94. The van der Waals surface area contributed by atoms with Crippen molar-refractivity contribution in [3.63, 3.8) is 0 Å². The van der Waals surface area contributed by atoms with Gasteiger partial charge in [0.1, 0.15) is 16.9 Å². The maximum atomic E-state index is 11.8. The molecule has 0 aliphatic heterocycles. The van der Waals surface area contributed by atoms with Crippen LogP contribution in [0.4, 0.5) is 0 Å². The van der Waals surface area contributed by atoms with Crippen LogP contribution in [0.25, 0.3) is 10.8 Å².